The molecule has 0 saturated heterocycles. The third kappa shape index (κ3) is 2.35. The minimum absolute atomic E-state index is 0.00704. The van der Waals surface area contributed by atoms with Gasteiger partial charge in [-0.15, -0.1) is 0 Å². The van der Waals surface area contributed by atoms with Gasteiger partial charge < -0.3 is 10.2 Å². The Balaban J connectivity index is 1.50. The Morgan fingerprint density at radius 2 is 1.93 bits per heavy atom. The first-order valence-electron chi connectivity index (χ1n) is 11.1. The Bertz CT molecular complexity index is 834. The van der Waals surface area contributed by atoms with Crippen LogP contribution < -0.4 is 0 Å². The highest BCUT2D eigenvalue weighted by Gasteiger charge is 2.56. The fourth-order valence-corrected chi connectivity index (χ4v) is 7.47. The van der Waals surface area contributed by atoms with Gasteiger partial charge in [-0.3, -0.25) is 4.79 Å². The van der Waals surface area contributed by atoms with Crippen LogP contribution in [0.1, 0.15) is 80.9 Å². The summed E-state index contributed by atoms with van der Waals surface area (Å²) in [4.78, 5) is 12.1. The predicted molar refractivity (Wildman–Crippen MR) is 109 cm³/mol. The third-order valence-corrected chi connectivity index (χ3v) is 9.01. The molecule has 0 radical (unpaired) electrons. The number of aliphatic carboxylic acids is 1. The van der Waals surface area contributed by atoms with Crippen molar-refractivity contribution in [3.63, 3.8) is 0 Å². The van der Waals surface area contributed by atoms with E-state index in [2.05, 4.69) is 31.7 Å². The van der Waals surface area contributed by atoms with E-state index in [9.17, 15) is 15.0 Å². The van der Waals surface area contributed by atoms with Crippen LogP contribution in [-0.2, 0) is 16.6 Å². The van der Waals surface area contributed by atoms with Crippen LogP contribution in [-0.4, -0.2) is 22.3 Å². The van der Waals surface area contributed by atoms with E-state index in [1.807, 2.05) is 0 Å². The average Bonchev–Trinajstić information content (AvgIpc) is 3.25. The molecular formula is C25H32O3. The molecule has 2 unspecified atom stereocenters. The molecule has 4 aliphatic carbocycles. The van der Waals surface area contributed by atoms with Gasteiger partial charge in [-0.2, -0.15) is 0 Å². The quantitative estimate of drug-likeness (QED) is 0.713. The fourth-order valence-electron chi connectivity index (χ4n) is 7.47. The van der Waals surface area contributed by atoms with Crippen molar-refractivity contribution in [3.8, 4) is 0 Å². The summed E-state index contributed by atoms with van der Waals surface area (Å²) in [6.45, 7) is 6.62. The van der Waals surface area contributed by atoms with Crippen molar-refractivity contribution in [3.05, 3.63) is 47.0 Å². The first kappa shape index (κ1) is 18.4. The number of carbonyl (C=O) groups is 1. The number of carboxylic acid groups (broad SMARTS) is 1. The van der Waals surface area contributed by atoms with Gasteiger partial charge in [-0.05, 0) is 79.4 Å². The van der Waals surface area contributed by atoms with Gasteiger partial charge in [0.1, 0.15) is 0 Å². The van der Waals surface area contributed by atoms with Crippen molar-refractivity contribution in [2.24, 2.45) is 17.3 Å². The van der Waals surface area contributed by atoms with Crippen molar-refractivity contribution in [2.45, 2.75) is 82.1 Å². The van der Waals surface area contributed by atoms with Crippen LogP contribution in [0.15, 0.2) is 30.4 Å². The Kier molecular flexibility index (Phi) is 4.07. The van der Waals surface area contributed by atoms with Gasteiger partial charge >= 0.3 is 5.97 Å². The van der Waals surface area contributed by atoms with Gasteiger partial charge in [0.25, 0.3) is 0 Å². The number of fused-ring (bicyclic) bond motifs is 5. The summed E-state index contributed by atoms with van der Waals surface area (Å²) in [6, 6.07) is 6.60. The van der Waals surface area contributed by atoms with E-state index >= 15 is 0 Å². The van der Waals surface area contributed by atoms with Gasteiger partial charge in [0.05, 0.1) is 11.5 Å². The van der Waals surface area contributed by atoms with Crippen LogP contribution >= 0.6 is 0 Å². The van der Waals surface area contributed by atoms with Crippen LogP contribution in [0.4, 0.5) is 0 Å². The molecule has 3 fully saturated rings. The van der Waals surface area contributed by atoms with Crippen molar-refractivity contribution < 1.29 is 15.0 Å². The second-order valence-electron chi connectivity index (χ2n) is 10.2. The van der Waals surface area contributed by atoms with Crippen molar-refractivity contribution in [1.82, 2.24) is 0 Å². The first-order valence-corrected chi connectivity index (χ1v) is 11.1. The van der Waals surface area contributed by atoms with E-state index in [-0.39, 0.29) is 11.5 Å². The van der Waals surface area contributed by atoms with Gasteiger partial charge in [0.2, 0.25) is 0 Å². The normalized spacial score (nSPS) is 38.6. The lowest BCUT2D eigenvalue weighted by molar-refractivity contribution is -0.143. The van der Waals surface area contributed by atoms with Gasteiger partial charge in [-0.25, -0.2) is 0 Å². The lowest BCUT2D eigenvalue weighted by Gasteiger charge is -2.50. The average molecular weight is 381 g/mol. The van der Waals surface area contributed by atoms with Crippen molar-refractivity contribution >= 4 is 5.97 Å². The molecule has 0 bridgehead atoms. The number of aliphatic hydroxyl groups is 1. The predicted octanol–water partition coefficient (Wildman–Crippen LogP) is 4.97. The highest BCUT2D eigenvalue weighted by molar-refractivity contribution is 5.82. The molecule has 1 aromatic carbocycles. The standard InChI is InChI=1S/C25H32O3/c1-15-13-21(26)24(2)12-9-19-18-8-6-17(25(23(27)28)10-3-4-11-25)14-16(18)5-7-20(19)22(15)24/h6,8,14,19-22,26H,1,3-5,7,9-13H2,2H3,(H,27,28)/t19?,20?,21-,22+,24+/m0/s1. The highest BCUT2D eigenvalue weighted by Crippen LogP contribution is 2.62. The monoisotopic (exact) mass is 380 g/mol. The molecule has 4 aliphatic rings. The summed E-state index contributed by atoms with van der Waals surface area (Å²) in [5.41, 5.74) is 4.42. The molecule has 5 rings (SSSR count). The number of hydrogen-bond donors (Lipinski definition) is 2. The zero-order chi connectivity index (χ0) is 19.7. The largest absolute Gasteiger partial charge is 0.481 e. The van der Waals surface area contributed by atoms with E-state index in [4.69, 9.17) is 0 Å². The van der Waals surface area contributed by atoms with E-state index in [1.54, 1.807) is 0 Å². The second-order valence-corrected chi connectivity index (χ2v) is 10.2. The topological polar surface area (TPSA) is 57.5 Å². The van der Waals surface area contributed by atoms with Crippen LogP contribution in [0.2, 0.25) is 0 Å². The lowest BCUT2D eigenvalue weighted by Crippen LogP contribution is -2.44. The summed E-state index contributed by atoms with van der Waals surface area (Å²) in [7, 11) is 0. The Morgan fingerprint density at radius 3 is 2.64 bits per heavy atom. The minimum Gasteiger partial charge on any atom is -0.481 e. The van der Waals surface area contributed by atoms with Gasteiger partial charge in [0, 0.05) is 5.41 Å². The lowest BCUT2D eigenvalue weighted by atomic mass is 9.54. The van der Waals surface area contributed by atoms with Crippen LogP contribution in [0.5, 0.6) is 0 Å². The third-order valence-electron chi connectivity index (χ3n) is 9.01. The van der Waals surface area contributed by atoms with Gasteiger partial charge in [-0.1, -0.05) is 50.1 Å². The van der Waals surface area contributed by atoms with Gasteiger partial charge in [0.15, 0.2) is 0 Å². The maximum Gasteiger partial charge on any atom is 0.314 e. The molecule has 0 spiro atoms. The molecule has 0 aromatic heterocycles. The molecule has 3 saturated carbocycles. The molecule has 150 valence electrons. The molecule has 0 heterocycles. The number of aryl methyl sites for hydroxylation is 1. The number of aliphatic hydroxyl groups excluding tert-OH is 1. The van der Waals surface area contributed by atoms with Crippen molar-refractivity contribution in [2.75, 3.05) is 0 Å². The molecule has 3 heteroatoms. The molecule has 28 heavy (non-hydrogen) atoms. The Morgan fingerprint density at radius 1 is 1.18 bits per heavy atom. The maximum absolute atomic E-state index is 12.1. The fraction of sp³-hybridized carbons (Fsp3) is 0.640. The zero-order valence-corrected chi connectivity index (χ0v) is 16.9. The molecule has 0 amide bonds. The zero-order valence-electron chi connectivity index (χ0n) is 16.9. The Labute approximate surface area is 167 Å². The minimum atomic E-state index is -0.666. The van der Waals surface area contributed by atoms with E-state index < -0.39 is 11.4 Å². The summed E-state index contributed by atoms with van der Waals surface area (Å²) in [5, 5.41) is 20.6. The number of carboxylic acids is 1. The summed E-state index contributed by atoms with van der Waals surface area (Å²) in [6.07, 6.45) is 8.42. The number of rotatable bonds is 2. The molecule has 1 aromatic rings. The van der Waals surface area contributed by atoms with Crippen LogP contribution in [0.25, 0.3) is 0 Å². The smallest absolute Gasteiger partial charge is 0.314 e. The van der Waals surface area contributed by atoms with E-state index in [0.29, 0.717) is 17.8 Å². The van der Waals surface area contributed by atoms with Crippen molar-refractivity contribution in [1.29, 1.82) is 0 Å². The Hall–Kier alpha value is -1.61. The number of benzene rings is 1. The molecule has 3 nitrogen and oxygen atoms in total. The highest BCUT2D eigenvalue weighted by atomic mass is 16.4. The summed E-state index contributed by atoms with van der Waals surface area (Å²) < 4.78 is 0. The summed E-state index contributed by atoms with van der Waals surface area (Å²) >= 11 is 0. The maximum atomic E-state index is 12.1. The second kappa shape index (κ2) is 6.19. The molecule has 5 atom stereocenters. The molecule has 0 aliphatic heterocycles. The molecule has 2 N–H and O–H groups in total. The van der Waals surface area contributed by atoms with Crippen LogP contribution in [0, 0.1) is 17.3 Å². The molecular weight excluding hydrogens is 348 g/mol. The first-order chi connectivity index (χ1) is 13.4. The summed E-state index contributed by atoms with van der Waals surface area (Å²) in [5.74, 6) is 0.876. The van der Waals surface area contributed by atoms with Crippen LogP contribution in [0.3, 0.4) is 0 Å². The number of hydrogen-bond acceptors (Lipinski definition) is 2. The SMILES string of the molecule is C=C1C[C@H](O)[C@@]2(C)CCC3c4ccc(C5(C(=O)O)CCCC5)cc4CCC3[C@@H]12. The van der Waals surface area contributed by atoms with E-state index in [0.717, 1.165) is 63.4 Å². The van der Waals surface area contributed by atoms with E-state index in [1.165, 1.54) is 16.7 Å².